The minimum Gasteiger partial charge on any atom is -0.441 e. The summed E-state index contributed by atoms with van der Waals surface area (Å²) < 4.78 is 5.68. The minimum absolute atomic E-state index is 0. The number of oxazole rings is 1. The molecule has 21 heavy (non-hydrogen) atoms. The van der Waals surface area contributed by atoms with Gasteiger partial charge in [-0.3, -0.25) is 0 Å². The molecular weight excluding hydrogens is 379 g/mol. The highest BCUT2D eigenvalue weighted by Gasteiger charge is 2.07. The number of hydrogen-bond donors (Lipinski definition) is 2. The number of aliphatic imine (C=N–C) groups is 1. The number of guanidine groups is 1. The highest BCUT2D eigenvalue weighted by atomic mass is 127. The second-order valence-electron chi connectivity index (χ2n) is 4.86. The number of benzene rings is 1. The fraction of sp³-hybridized carbons (Fsp3) is 0.333. The smallest absolute Gasteiger partial charge is 0.197 e. The van der Waals surface area contributed by atoms with Crippen LogP contribution < -0.4 is 11.1 Å². The molecule has 0 unspecified atom stereocenters. The van der Waals surface area contributed by atoms with Gasteiger partial charge >= 0.3 is 0 Å². The van der Waals surface area contributed by atoms with E-state index in [-0.39, 0.29) is 24.0 Å². The van der Waals surface area contributed by atoms with Crippen molar-refractivity contribution in [2.24, 2.45) is 10.7 Å². The predicted octanol–water partition coefficient (Wildman–Crippen LogP) is 2.78. The van der Waals surface area contributed by atoms with Crippen LogP contribution in [0.3, 0.4) is 0 Å². The quantitative estimate of drug-likeness (QED) is 0.350. The molecule has 0 radical (unpaired) electrons. The SMILES string of the molecule is C=C(C)CN=C(N)NCCc1nc2c(C)cccc2o1.I. The molecule has 5 nitrogen and oxygen atoms in total. The van der Waals surface area contributed by atoms with E-state index >= 15 is 0 Å². The van der Waals surface area contributed by atoms with E-state index < -0.39 is 0 Å². The molecule has 1 aromatic carbocycles. The van der Waals surface area contributed by atoms with Gasteiger partial charge in [-0.15, -0.1) is 24.0 Å². The van der Waals surface area contributed by atoms with Crippen molar-refractivity contribution in [2.75, 3.05) is 13.1 Å². The van der Waals surface area contributed by atoms with Crippen LogP contribution in [-0.2, 0) is 6.42 Å². The van der Waals surface area contributed by atoms with Gasteiger partial charge in [0.25, 0.3) is 0 Å². The molecule has 0 aliphatic rings. The molecule has 2 rings (SSSR count). The number of halogens is 1. The van der Waals surface area contributed by atoms with Crippen LogP contribution in [0.1, 0.15) is 18.4 Å². The summed E-state index contributed by atoms with van der Waals surface area (Å²) in [5.74, 6) is 1.12. The molecule has 0 spiro atoms. The first-order valence-electron chi connectivity index (χ1n) is 6.59. The van der Waals surface area contributed by atoms with E-state index in [1.54, 1.807) is 0 Å². The molecule has 2 aromatic rings. The van der Waals surface area contributed by atoms with E-state index in [0.717, 1.165) is 22.2 Å². The van der Waals surface area contributed by atoms with Crippen LogP contribution in [0.5, 0.6) is 0 Å². The number of nitrogens with zero attached hydrogens (tertiary/aromatic N) is 2. The van der Waals surface area contributed by atoms with Crippen molar-refractivity contribution in [1.29, 1.82) is 0 Å². The number of rotatable bonds is 5. The molecule has 114 valence electrons. The van der Waals surface area contributed by atoms with E-state index in [9.17, 15) is 0 Å². The summed E-state index contributed by atoms with van der Waals surface area (Å²) in [6.07, 6.45) is 0.664. The maximum Gasteiger partial charge on any atom is 0.197 e. The fourth-order valence-electron chi connectivity index (χ4n) is 1.81. The number of para-hydroxylation sites is 1. The van der Waals surface area contributed by atoms with Crippen LogP contribution in [0, 0.1) is 6.92 Å². The Morgan fingerprint density at radius 1 is 1.48 bits per heavy atom. The maximum absolute atomic E-state index is 5.73. The Morgan fingerprint density at radius 2 is 2.24 bits per heavy atom. The Kier molecular flexibility index (Phi) is 6.67. The standard InChI is InChI=1S/C15H20N4O.HI/c1-10(2)9-18-15(16)17-8-7-13-19-14-11(3)5-4-6-12(14)20-13;/h4-6H,1,7-9H2,2-3H3,(H3,16,17,18);1H. The van der Waals surface area contributed by atoms with Crippen molar-refractivity contribution in [3.05, 3.63) is 41.8 Å². The molecule has 0 amide bonds. The van der Waals surface area contributed by atoms with E-state index in [1.165, 1.54) is 0 Å². The predicted molar refractivity (Wildman–Crippen MR) is 97.2 cm³/mol. The summed E-state index contributed by atoms with van der Waals surface area (Å²) >= 11 is 0. The van der Waals surface area contributed by atoms with Gasteiger partial charge in [-0.2, -0.15) is 0 Å². The van der Waals surface area contributed by atoms with Gasteiger partial charge in [0.2, 0.25) is 0 Å². The average molecular weight is 400 g/mol. The number of nitrogens with two attached hydrogens (primary N) is 1. The summed E-state index contributed by atoms with van der Waals surface area (Å²) in [6.45, 7) is 8.89. The van der Waals surface area contributed by atoms with Crippen molar-refractivity contribution in [3.8, 4) is 0 Å². The summed E-state index contributed by atoms with van der Waals surface area (Å²) in [4.78, 5) is 8.63. The van der Waals surface area contributed by atoms with Gasteiger partial charge in [-0.05, 0) is 25.5 Å². The zero-order valence-corrected chi connectivity index (χ0v) is 14.7. The van der Waals surface area contributed by atoms with Gasteiger partial charge in [0.05, 0.1) is 6.54 Å². The van der Waals surface area contributed by atoms with Gasteiger partial charge in [0, 0.05) is 13.0 Å². The molecule has 0 saturated heterocycles. The van der Waals surface area contributed by atoms with Crippen molar-refractivity contribution < 1.29 is 4.42 Å². The summed E-state index contributed by atoms with van der Waals surface area (Å²) in [5, 5.41) is 3.03. The molecule has 0 aliphatic carbocycles. The molecule has 0 bridgehead atoms. The molecule has 3 N–H and O–H groups in total. The van der Waals surface area contributed by atoms with Crippen LogP contribution in [-0.4, -0.2) is 24.0 Å². The van der Waals surface area contributed by atoms with Crippen molar-refractivity contribution in [2.45, 2.75) is 20.3 Å². The molecule has 0 fully saturated rings. The Labute approximate surface area is 141 Å². The number of aryl methyl sites for hydroxylation is 1. The summed E-state index contributed by atoms with van der Waals surface area (Å²) in [7, 11) is 0. The van der Waals surface area contributed by atoms with Crippen molar-refractivity contribution in [1.82, 2.24) is 10.3 Å². The number of aromatic nitrogens is 1. The fourth-order valence-corrected chi connectivity index (χ4v) is 1.81. The Bertz CT molecular complexity index is 648. The first kappa shape index (κ1) is 17.5. The lowest BCUT2D eigenvalue weighted by Gasteiger charge is -2.03. The molecular formula is C15H21IN4O. The van der Waals surface area contributed by atoms with Gasteiger partial charge in [-0.1, -0.05) is 24.3 Å². The molecule has 6 heteroatoms. The Balaban J connectivity index is 0.00000220. The topological polar surface area (TPSA) is 76.4 Å². The van der Waals surface area contributed by atoms with Crippen LogP contribution >= 0.6 is 24.0 Å². The maximum atomic E-state index is 5.73. The highest BCUT2D eigenvalue weighted by Crippen LogP contribution is 2.18. The second-order valence-corrected chi connectivity index (χ2v) is 4.86. The summed E-state index contributed by atoms with van der Waals surface area (Å²) in [6, 6.07) is 5.91. The normalized spacial score (nSPS) is 11.2. The summed E-state index contributed by atoms with van der Waals surface area (Å²) in [5.41, 5.74) is 9.57. The second kappa shape index (κ2) is 8.02. The third-order valence-electron chi connectivity index (χ3n) is 2.83. The van der Waals surface area contributed by atoms with Gasteiger partial charge in [0.15, 0.2) is 17.4 Å². The minimum atomic E-state index is 0. The van der Waals surface area contributed by atoms with Gasteiger partial charge < -0.3 is 15.5 Å². The zero-order valence-electron chi connectivity index (χ0n) is 12.3. The largest absolute Gasteiger partial charge is 0.441 e. The van der Waals surface area contributed by atoms with E-state index in [1.807, 2.05) is 32.0 Å². The number of fused-ring (bicyclic) bond motifs is 1. The number of hydrogen-bond acceptors (Lipinski definition) is 3. The van der Waals surface area contributed by atoms with E-state index in [0.29, 0.717) is 31.4 Å². The average Bonchev–Trinajstić information content (AvgIpc) is 2.81. The molecule has 1 aromatic heterocycles. The molecule has 0 atom stereocenters. The van der Waals surface area contributed by atoms with Crippen LogP contribution in [0.25, 0.3) is 11.1 Å². The lowest BCUT2D eigenvalue weighted by molar-refractivity contribution is 0.526. The lowest BCUT2D eigenvalue weighted by atomic mass is 10.2. The van der Waals surface area contributed by atoms with Crippen LogP contribution in [0.4, 0.5) is 0 Å². The van der Waals surface area contributed by atoms with Crippen molar-refractivity contribution in [3.63, 3.8) is 0 Å². The third kappa shape index (κ3) is 5.04. The van der Waals surface area contributed by atoms with Crippen LogP contribution in [0.15, 0.2) is 39.8 Å². The van der Waals surface area contributed by atoms with Gasteiger partial charge in [0.1, 0.15) is 5.52 Å². The molecule has 1 heterocycles. The highest BCUT2D eigenvalue weighted by molar-refractivity contribution is 14.0. The number of nitrogens with one attached hydrogen (secondary N) is 1. The monoisotopic (exact) mass is 400 g/mol. The molecule has 0 saturated carbocycles. The van der Waals surface area contributed by atoms with E-state index in [4.69, 9.17) is 10.2 Å². The first-order chi connectivity index (χ1) is 9.56. The first-order valence-corrected chi connectivity index (χ1v) is 6.59. The lowest BCUT2D eigenvalue weighted by Crippen LogP contribution is -2.33. The van der Waals surface area contributed by atoms with Gasteiger partial charge in [-0.25, -0.2) is 9.98 Å². The Morgan fingerprint density at radius 3 is 2.90 bits per heavy atom. The zero-order chi connectivity index (χ0) is 14.5. The van der Waals surface area contributed by atoms with Crippen molar-refractivity contribution >= 4 is 41.0 Å². The Hall–Kier alpha value is -1.57. The third-order valence-corrected chi connectivity index (χ3v) is 2.83. The van der Waals surface area contributed by atoms with E-state index in [2.05, 4.69) is 21.9 Å². The molecule has 0 aliphatic heterocycles. The van der Waals surface area contributed by atoms with Crippen LogP contribution in [0.2, 0.25) is 0 Å².